The monoisotopic (exact) mass is 494 g/mol. The molecule has 0 spiro atoms. The summed E-state index contributed by atoms with van der Waals surface area (Å²) in [5, 5.41) is 7.05. The molecule has 0 radical (unpaired) electrons. The summed E-state index contributed by atoms with van der Waals surface area (Å²) in [5.41, 5.74) is 0. The fraction of sp³-hybridized carbons (Fsp3) is 0.682. The number of aryl methyl sites for hydroxylation is 1. The van der Waals surface area contributed by atoms with Gasteiger partial charge in [-0.2, -0.15) is 9.29 Å². The smallest absolute Gasteiger partial charge is 0.244 e. The fourth-order valence-corrected chi connectivity index (χ4v) is 7.61. The number of nitrogens with zero attached hydrogens (tertiary/aromatic N) is 3. The predicted octanol–water partition coefficient (Wildman–Crippen LogP) is 3.07. The lowest BCUT2D eigenvalue weighted by atomic mass is 9.85. The highest BCUT2D eigenvalue weighted by Gasteiger charge is 2.34. The van der Waals surface area contributed by atoms with Crippen LogP contribution in [-0.4, -0.2) is 61.1 Å². The van der Waals surface area contributed by atoms with E-state index in [1.807, 2.05) is 0 Å². The molecule has 1 atom stereocenters. The molecule has 3 aliphatic rings. The first kappa shape index (κ1) is 22.9. The molecule has 2 aromatic rings. The lowest BCUT2D eigenvalue weighted by Crippen LogP contribution is -2.44. The number of rotatable bonds is 7. The molecule has 33 heavy (non-hydrogen) atoms. The molecule has 11 heteroatoms. The molecule has 2 aliphatic heterocycles. The van der Waals surface area contributed by atoms with Gasteiger partial charge in [0.1, 0.15) is 0 Å². The molecule has 0 unspecified atom stereocenters. The maximum Gasteiger partial charge on any atom is 0.244 e. The van der Waals surface area contributed by atoms with Crippen molar-refractivity contribution in [2.75, 3.05) is 26.2 Å². The van der Waals surface area contributed by atoms with E-state index in [0.29, 0.717) is 64.8 Å². The van der Waals surface area contributed by atoms with Gasteiger partial charge in [-0.1, -0.05) is 11.6 Å². The molecular weight excluding hydrogens is 464 g/mol. The Balaban J connectivity index is 1.21. The highest BCUT2D eigenvalue weighted by atomic mass is 32.2. The zero-order valence-electron chi connectivity index (χ0n) is 18.8. The summed E-state index contributed by atoms with van der Waals surface area (Å²) in [6.45, 7) is 3.76. The number of piperidine rings is 1. The van der Waals surface area contributed by atoms with Crippen molar-refractivity contribution in [3.63, 3.8) is 0 Å². The van der Waals surface area contributed by atoms with Crippen molar-refractivity contribution in [3.8, 4) is 10.7 Å². The maximum atomic E-state index is 13.3. The molecule has 1 aliphatic carbocycles. The molecule has 5 rings (SSSR count). The second-order valence-electron chi connectivity index (χ2n) is 9.17. The SMILES string of the molecule is Cc1sc(-c2noc(C3CCC3)n2)cc1S(=O)(=O)N1CCC(C(=O)NC[C@@H]2CCCO2)CC1. The average molecular weight is 495 g/mol. The van der Waals surface area contributed by atoms with Gasteiger partial charge < -0.3 is 14.6 Å². The number of carbonyl (C=O) groups excluding carboxylic acids is 1. The van der Waals surface area contributed by atoms with E-state index in [2.05, 4.69) is 15.5 Å². The van der Waals surface area contributed by atoms with Crippen LogP contribution in [0.3, 0.4) is 0 Å². The number of thiophene rings is 1. The van der Waals surface area contributed by atoms with E-state index in [-0.39, 0.29) is 17.9 Å². The number of ether oxygens (including phenoxy) is 1. The van der Waals surface area contributed by atoms with E-state index >= 15 is 0 Å². The Morgan fingerprint density at radius 1 is 1.21 bits per heavy atom. The van der Waals surface area contributed by atoms with Crippen LogP contribution in [0.1, 0.15) is 61.6 Å². The number of hydrogen-bond donors (Lipinski definition) is 1. The van der Waals surface area contributed by atoms with Crippen molar-refractivity contribution in [1.82, 2.24) is 19.8 Å². The Hall–Kier alpha value is -1.82. The quantitative estimate of drug-likeness (QED) is 0.629. The van der Waals surface area contributed by atoms with Crippen LogP contribution < -0.4 is 5.32 Å². The van der Waals surface area contributed by atoms with Gasteiger partial charge in [0, 0.05) is 43.0 Å². The zero-order chi connectivity index (χ0) is 23.0. The van der Waals surface area contributed by atoms with Gasteiger partial charge in [0.25, 0.3) is 0 Å². The van der Waals surface area contributed by atoms with Gasteiger partial charge >= 0.3 is 0 Å². The zero-order valence-corrected chi connectivity index (χ0v) is 20.4. The van der Waals surface area contributed by atoms with E-state index in [1.165, 1.54) is 22.1 Å². The summed E-state index contributed by atoms with van der Waals surface area (Å²) in [5.74, 6) is 1.26. The third-order valence-corrected chi connectivity index (χ3v) is 10.2. The molecular formula is C22H30N4O5S2. The summed E-state index contributed by atoms with van der Waals surface area (Å²) >= 11 is 1.37. The number of sulfonamides is 1. The molecule has 4 heterocycles. The van der Waals surface area contributed by atoms with Crippen LogP contribution in [0.4, 0.5) is 0 Å². The van der Waals surface area contributed by atoms with Crippen LogP contribution >= 0.6 is 11.3 Å². The molecule has 1 N–H and O–H groups in total. The van der Waals surface area contributed by atoms with Gasteiger partial charge in [-0.3, -0.25) is 4.79 Å². The molecule has 0 aromatic carbocycles. The van der Waals surface area contributed by atoms with Gasteiger partial charge in [0.05, 0.1) is 15.9 Å². The summed E-state index contributed by atoms with van der Waals surface area (Å²) < 4.78 is 39.1. The highest BCUT2D eigenvalue weighted by Crippen LogP contribution is 2.38. The largest absolute Gasteiger partial charge is 0.376 e. The van der Waals surface area contributed by atoms with Crippen molar-refractivity contribution in [3.05, 3.63) is 16.8 Å². The molecule has 180 valence electrons. The normalized spacial score (nSPS) is 23.0. The topological polar surface area (TPSA) is 115 Å². The molecule has 9 nitrogen and oxygen atoms in total. The summed E-state index contributed by atoms with van der Waals surface area (Å²) in [6.07, 6.45) is 6.45. The van der Waals surface area contributed by atoms with E-state index in [9.17, 15) is 13.2 Å². The predicted molar refractivity (Wildman–Crippen MR) is 122 cm³/mol. The Morgan fingerprint density at radius 3 is 2.67 bits per heavy atom. The van der Waals surface area contributed by atoms with Gasteiger partial charge in [-0.25, -0.2) is 8.42 Å². The number of hydrogen-bond acceptors (Lipinski definition) is 8. The molecule has 1 saturated carbocycles. The minimum absolute atomic E-state index is 0.00378. The van der Waals surface area contributed by atoms with Crippen molar-refractivity contribution in [1.29, 1.82) is 0 Å². The van der Waals surface area contributed by atoms with Gasteiger partial charge in [0.15, 0.2) is 0 Å². The Labute approximate surface area is 197 Å². The number of amides is 1. The minimum Gasteiger partial charge on any atom is -0.376 e. The number of carbonyl (C=O) groups is 1. The summed E-state index contributed by atoms with van der Waals surface area (Å²) in [7, 11) is -3.65. The summed E-state index contributed by atoms with van der Waals surface area (Å²) in [6, 6.07) is 1.66. The first-order valence-electron chi connectivity index (χ1n) is 11.8. The van der Waals surface area contributed by atoms with Gasteiger partial charge in [-0.05, 0) is 51.5 Å². The van der Waals surface area contributed by atoms with Crippen LogP contribution in [0, 0.1) is 12.8 Å². The second-order valence-corrected chi connectivity index (χ2v) is 12.3. The van der Waals surface area contributed by atoms with Crippen molar-refractivity contribution >= 4 is 27.3 Å². The minimum atomic E-state index is -3.65. The molecule has 3 fully saturated rings. The fourth-order valence-electron chi connectivity index (χ4n) is 4.65. The van der Waals surface area contributed by atoms with Crippen LogP contribution in [0.15, 0.2) is 15.5 Å². The van der Waals surface area contributed by atoms with E-state index in [0.717, 1.165) is 32.3 Å². The van der Waals surface area contributed by atoms with Gasteiger partial charge in [-0.15, -0.1) is 11.3 Å². The van der Waals surface area contributed by atoms with Crippen molar-refractivity contribution in [2.45, 2.75) is 68.8 Å². The second kappa shape index (κ2) is 9.44. The molecule has 1 amide bonds. The van der Waals surface area contributed by atoms with Crippen molar-refractivity contribution < 1.29 is 22.5 Å². The first-order valence-corrected chi connectivity index (χ1v) is 14.0. The molecule has 2 aromatic heterocycles. The Kier molecular flexibility index (Phi) is 6.56. The van der Waals surface area contributed by atoms with Crippen LogP contribution in [0.5, 0.6) is 0 Å². The van der Waals surface area contributed by atoms with E-state index < -0.39 is 10.0 Å². The average Bonchev–Trinajstić information content (AvgIpc) is 3.52. The molecule has 0 bridgehead atoms. The summed E-state index contributed by atoms with van der Waals surface area (Å²) in [4.78, 5) is 18.7. The maximum absolute atomic E-state index is 13.3. The third-order valence-electron chi connectivity index (χ3n) is 6.96. The Bertz CT molecular complexity index is 1090. The number of aromatic nitrogens is 2. The van der Waals surface area contributed by atoms with Crippen LogP contribution in [0.25, 0.3) is 10.7 Å². The number of nitrogens with one attached hydrogen (secondary N) is 1. The lowest BCUT2D eigenvalue weighted by molar-refractivity contribution is -0.126. The highest BCUT2D eigenvalue weighted by molar-refractivity contribution is 7.89. The van der Waals surface area contributed by atoms with E-state index in [4.69, 9.17) is 9.26 Å². The van der Waals surface area contributed by atoms with E-state index in [1.54, 1.807) is 13.0 Å². The third kappa shape index (κ3) is 4.73. The first-order chi connectivity index (χ1) is 15.9. The lowest BCUT2D eigenvalue weighted by Gasteiger charge is -2.30. The van der Waals surface area contributed by atoms with Crippen molar-refractivity contribution in [2.24, 2.45) is 5.92 Å². The molecule has 2 saturated heterocycles. The standard InChI is InChI=1S/C22H30N4O5S2/c1-14-19(12-18(32-14)20-24-22(31-25-20)16-4-2-5-16)33(28,29)26-9-7-15(8-10-26)21(27)23-13-17-6-3-11-30-17/h12,15-17H,2-11,13H2,1H3,(H,23,27)/t17-/m0/s1. The van der Waals surface area contributed by atoms with Crippen LogP contribution in [0.2, 0.25) is 0 Å². The van der Waals surface area contributed by atoms with Gasteiger partial charge in [0.2, 0.25) is 27.6 Å². The van der Waals surface area contributed by atoms with Crippen LogP contribution in [-0.2, 0) is 19.6 Å². The Morgan fingerprint density at radius 2 is 2.00 bits per heavy atom.